The third-order valence-electron chi connectivity index (χ3n) is 4.06. The van der Waals surface area contributed by atoms with E-state index in [1.165, 1.54) is 16.4 Å². The van der Waals surface area contributed by atoms with E-state index in [4.69, 9.17) is 11.6 Å². The van der Waals surface area contributed by atoms with Gasteiger partial charge in [0.2, 0.25) is 15.9 Å². The van der Waals surface area contributed by atoms with E-state index in [1.807, 2.05) is 19.0 Å². The number of nitrogens with one attached hydrogen (secondary N) is 1. The van der Waals surface area contributed by atoms with Crippen LogP contribution in [0.1, 0.15) is 12.8 Å². The summed E-state index contributed by atoms with van der Waals surface area (Å²) in [5.41, 5.74) is 0. The highest BCUT2D eigenvalue weighted by atomic mass is 35.5. The Balaban J connectivity index is 2.01. The van der Waals surface area contributed by atoms with Gasteiger partial charge in [0.15, 0.2) is 0 Å². The molecule has 1 aliphatic heterocycles. The van der Waals surface area contributed by atoms with Gasteiger partial charge >= 0.3 is 0 Å². The smallest absolute Gasteiger partial charge is 0.243 e. The Kier molecular flexibility index (Phi) is 6.62. The molecule has 2 rings (SSSR count). The van der Waals surface area contributed by atoms with E-state index in [9.17, 15) is 13.2 Å². The predicted octanol–water partition coefficient (Wildman–Crippen LogP) is 1.42. The minimum absolute atomic E-state index is 0.0761. The number of amides is 1. The highest BCUT2D eigenvalue weighted by Gasteiger charge is 2.33. The normalized spacial score (nSPS) is 19.4. The Labute approximate surface area is 148 Å². The fourth-order valence-electron chi connectivity index (χ4n) is 2.68. The topological polar surface area (TPSA) is 69.7 Å². The van der Waals surface area contributed by atoms with Crippen molar-refractivity contribution >= 4 is 27.5 Å². The van der Waals surface area contributed by atoms with Crippen LogP contribution in [0.2, 0.25) is 5.02 Å². The van der Waals surface area contributed by atoms with Crippen LogP contribution < -0.4 is 5.32 Å². The molecule has 134 valence electrons. The molecule has 1 fully saturated rings. The zero-order valence-corrected chi connectivity index (χ0v) is 15.6. The number of hydrogen-bond donors (Lipinski definition) is 1. The molecule has 8 heteroatoms. The lowest BCUT2D eigenvalue weighted by molar-refractivity contribution is -0.126. The first-order chi connectivity index (χ1) is 11.3. The lowest BCUT2D eigenvalue weighted by Crippen LogP contribution is -2.46. The molecule has 1 amide bonds. The molecule has 0 aliphatic carbocycles. The average molecular weight is 374 g/mol. The molecule has 24 heavy (non-hydrogen) atoms. The van der Waals surface area contributed by atoms with Crippen molar-refractivity contribution in [3.05, 3.63) is 29.3 Å². The van der Waals surface area contributed by atoms with Crippen LogP contribution in [0, 0.1) is 5.92 Å². The van der Waals surface area contributed by atoms with Gasteiger partial charge in [-0.2, -0.15) is 4.31 Å². The standard InChI is InChI=1S/C16H24ClN3O3S/c1-19(2)11-9-18-16(21)13-4-3-10-20(12-13)24(22,23)15-7-5-14(17)6-8-15/h5-8,13H,3-4,9-12H2,1-2H3,(H,18,21)/t13-/m1/s1. The quantitative estimate of drug-likeness (QED) is 0.818. The van der Waals surface area contributed by atoms with Crippen molar-refractivity contribution in [2.45, 2.75) is 17.7 Å². The van der Waals surface area contributed by atoms with Gasteiger partial charge in [0.05, 0.1) is 10.8 Å². The SMILES string of the molecule is CN(C)CCNC(=O)[C@@H]1CCCN(S(=O)(=O)c2ccc(Cl)cc2)C1. The second-order valence-electron chi connectivity index (χ2n) is 6.25. The lowest BCUT2D eigenvalue weighted by Gasteiger charge is -2.31. The molecule has 0 aromatic heterocycles. The van der Waals surface area contributed by atoms with Crippen molar-refractivity contribution in [3.8, 4) is 0 Å². The number of piperidine rings is 1. The Morgan fingerprint density at radius 1 is 1.33 bits per heavy atom. The average Bonchev–Trinajstić information content (AvgIpc) is 2.55. The summed E-state index contributed by atoms with van der Waals surface area (Å²) in [6.07, 6.45) is 1.39. The molecule has 1 heterocycles. The van der Waals surface area contributed by atoms with Gasteiger partial charge in [-0.3, -0.25) is 4.79 Å². The van der Waals surface area contributed by atoms with Crippen LogP contribution >= 0.6 is 11.6 Å². The zero-order valence-electron chi connectivity index (χ0n) is 14.0. The number of nitrogens with zero attached hydrogens (tertiary/aromatic N) is 2. The van der Waals surface area contributed by atoms with Gasteiger partial charge in [-0.15, -0.1) is 0 Å². The van der Waals surface area contributed by atoms with Gasteiger partial charge in [-0.05, 0) is 51.2 Å². The van der Waals surface area contributed by atoms with Gasteiger partial charge in [0.25, 0.3) is 0 Å². The number of likely N-dealkylation sites (N-methyl/N-ethyl adjacent to an activating group) is 1. The van der Waals surface area contributed by atoms with Crippen LogP contribution in [0.4, 0.5) is 0 Å². The molecule has 1 N–H and O–H groups in total. The van der Waals surface area contributed by atoms with Crippen molar-refractivity contribution in [2.75, 3.05) is 40.3 Å². The summed E-state index contributed by atoms with van der Waals surface area (Å²) in [7, 11) is 0.283. The van der Waals surface area contributed by atoms with Crippen LogP contribution in [0.25, 0.3) is 0 Å². The number of carbonyl (C=O) groups is 1. The second-order valence-corrected chi connectivity index (χ2v) is 8.62. The fourth-order valence-corrected chi connectivity index (χ4v) is 4.33. The van der Waals surface area contributed by atoms with Crippen LogP contribution in [0.3, 0.4) is 0 Å². The van der Waals surface area contributed by atoms with Crippen LogP contribution in [0.15, 0.2) is 29.2 Å². The summed E-state index contributed by atoms with van der Waals surface area (Å²) in [5, 5.41) is 3.37. The van der Waals surface area contributed by atoms with Gasteiger partial charge in [0, 0.05) is 31.2 Å². The monoisotopic (exact) mass is 373 g/mol. The summed E-state index contributed by atoms with van der Waals surface area (Å²) in [6, 6.07) is 6.12. The Bertz CT molecular complexity index is 662. The molecule has 1 aliphatic rings. The first-order valence-corrected chi connectivity index (χ1v) is 9.80. The van der Waals surface area contributed by atoms with E-state index in [2.05, 4.69) is 5.32 Å². The van der Waals surface area contributed by atoms with Crippen molar-refractivity contribution in [1.29, 1.82) is 0 Å². The highest BCUT2D eigenvalue weighted by Crippen LogP contribution is 2.24. The third-order valence-corrected chi connectivity index (χ3v) is 6.20. The largest absolute Gasteiger partial charge is 0.355 e. The minimum atomic E-state index is -3.59. The number of carbonyl (C=O) groups excluding carboxylic acids is 1. The molecule has 0 spiro atoms. The van der Waals surface area contributed by atoms with Crippen molar-refractivity contribution in [3.63, 3.8) is 0 Å². The Morgan fingerprint density at radius 2 is 2.00 bits per heavy atom. The summed E-state index contributed by atoms with van der Waals surface area (Å²) in [5.74, 6) is -0.379. The molecule has 1 aromatic rings. The van der Waals surface area contributed by atoms with Crippen molar-refractivity contribution in [1.82, 2.24) is 14.5 Å². The minimum Gasteiger partial charge on any atom is -0.355 e. The zero-order chi connectivity index (χ0) is 17.7. The molecule has 0 radical (unpaired) electrons. The molecule has 6 nitrogen and oxygen atoms in total. The first kappa shape index (κ1) is 19.2. The van der Waals surface area contributed by atoms with Crippen LogP contribution in [-0.2, 0) is 14.8 Å². The molecule has 0 unspecified atom stereocenters. The van der Waals surface area contributed by atoms with Crippen molar-refractivity contribution < 1.29 is 13.2 Å². The maximum absolute atomic E-state index is 12.7. The van der Waals surface area contributed by atoms with E-state index < -0.39 is 10.0 Å². The maximum Gasteiger partial charge on any atom is 0.243 e. The molecule has 1 aromatic carbocycles. The van der Waals surface area contributed by atoms with E-state index in [1.54, 1.807) is 12.1 Å². The van der Waals surface area contributed by atoms with Gasteiger partial charge in [-0.25, -0.2) is 8.42 Å². The van der Waals surface area contributed by atoms with Gasteiger partial charge in [-0.1, -0.05) is 11.6 Å². The van der Waals surface area contributed by atoms with Crippen LogP contribution in [-0.4, -0.2) is 63.8 Å². The second kappa shape index (κ2) is 8.29. The van der Waals surface area contributed by atoms with E-state index in [-0.39, 0.29) is 23.3 Å². The Hall–Kier alpha value is -1.15. The highest BCUT2D eigenvalue weighted by molar-refractivity contribution is 7.89. The lowest BCUT2D eigenvalue weighted by atomic mass is 9.99. The number of sulfonamides is 1. The summed E-state index contributed by atoms with van der Waals surface area (Å²) in [4.78, 5) is 14.5. The number of halogens is 1. The van der Waals surface area contributed by atoms with E-state index in [0.29, 0.717) is 31.0 Å². The maximum atomic E-state index is 12.7. The predicted molar refractivity (Wildman–Crippen MR) is 94.5 cm³/mol. The summed E-state index contributed by atoms with van der Waals surface area (Å²) in [6.45, 7) is 1.97. The molecular formula is C16H24ClN3O3S. The van der Waals surface area contributed by atoms with E-state index in [0.717, 1.165) is 6.54 Å². The van der Waals surface area contributed by atoms with E-state index >= 15 is 0 Å². The van der Waals surface area contributed by atoms with Gasteiger partial charge < -0.3 is 10.2 Å². The number of hydrogen-bond acceptors (Lipinski definition) is 4. The third kappa shape index (κ3) is 4.92. The van der Waals surface area contributed by atoms with Crippen LogP contribution in [0.5, 0.6) is 0 Å². The van der Waals surface area contributed by atoms with Crippen molar-refractivity contribution in [2.24, 2.45) is 5.92 Å². The molecule has 1 atom stereocenters. The first-order valence-electron chi connectivity index (χ1n) is 7.99. The summed E-state index contributed by atoms with van der Waals surface area (Å²) >= 11 is 5.82. The molecule has 1 saturated heterocycles. The fraction of sp³-hybridized carbons (Fsp3) is 0.562. The molecule has 0 bridgehead atoms. The molecular weight excluding hydrogens is 350 g/mol. The van der Waals surface area contributed by atoms with Gasteiger partial charge in [0.1, 0.15) is 0 Å². The number of rotatable bonds is 6. The molecule has 0 saturated carbocycles. The summed E-state index contributed by atoms with van der Waals surface area (Å²) < 4.78 is 26.8. The number of benzene rings is 1. The Morgan fingerprint density at radius 3 is 2.62 bits per heavy atom.